The zero-order valence-corrected chi connectivity index (χ0v) is 15.4. The van der Waals surface area contributed by atoms with Gasteiger partial charge in [-0.2, -0.15) is 4.31 Å². The number of amides is 1. The highest BCUT2D eigenvalue weighted by Gasteiger charge is 2.30. The molecule has 10 nitrogen and oxygen atoms in total. The van der Waals surface area contributed by atoms with Gasteiger partial charge in [-0.15, -0.1) is 0 Å². The number of unbranched alkanes of at least 4 members (excludes halogenated alkanes) is 1. The highest BCUT2D eigenvalue weighted by Crippen LogP contribution is 2.22. The molecule has 27 heavy (non-hydrogen) atoms. The number of carboxylic acid groups (broad SMARTS) is 1. The summed E-state index contributed by atoms with van der Waals surface area (Å²) >= 11 is 0. The predicted molar refractivity (Wildman–Crippen MR) is 94.5 cm³/mol. The second-order valence-corrected chi connectivity index (χ2v) is 8.08. The largest absolute Gasteiger partial charge is 0.481 e. The van der Waals surface area contributed by atoms with E-state index in [4.69, 9.17) is 5.11 Å². The number of hydrogen-bond donors (Lipinski definition) is 1. The smallest absolute Gasteiger partial charge is 0.303 e. The van der Waals surface area contributed by atoms with Crippen LogP contribution in [0.15, 0.2) is 29.2 Å². The molecule has 0 saturated carbocycles. The second-order valence-electron chi connectivity index (χ2n) is 6.14. The molecule has 1 aliphatic rings. The number of nitro groups is 1. The molecule has 1 N–H and O–H groups in total. The fraction of sp³-hybridized carbons (Fsp3) is 0.500. The first-order valence-electron chi connectivity index (χ1n) is 8.46. The van der Waals surface area contributed by atoms with Gasteiger partial charge in [-0.25, -0.2) is 8.42 Å². The number of rotatable bonds is 8. The van der Waals surface area contributed by atoms with Crippen molar-refractivity contribution in [1.29, 1.82) is 0 Å². The third-order valence-corrected chi connectivity index (χ3v) is 6.18. The fourth-order valence-corrected chi connectivity index (χ4v) is 4.26. The van der Waals surface area contributed by atoms with E-state index in [0.29, 0.717) is 12.8 Å². The number of carboxylic acids is 1. The summed E-state index contributed by atoms with van der Waals surface area (Å²) in [6.45, 7) is 0.662. The lowest BCUT2D eigenvalue weighted by Gasteiger charge is -2.34. The molecule has 0 aromatic heterocycles. The summed E-state index contributed by atoms with van der Waals surface area (Å²) < 4.78 is 26.5. The molecule has 0 aliphatic carbocycles. The van der Waals surface area contributed by atoms with E-state index < -0.39 is 20.9 Å². The van der Waals surface area contributed by atoms with Crippen molar-refractivity contribution in [2.45, 2.75) is 30.6 Å². The Morgan fingerprint density at radius 1 is 1.11 bits per heavy atom. The Kier molecular flexibility index (Phi) is 6.86. The van der Waals surface area contributed by atoms with Crippen LogP contribution >= 0.6 is 0 Å². The topological polar surface area (TPSA) is 138 Å². The minimum atomic E-state index is -3.87. The quantitative estimate of drug-likeness (QED) is 0.392. The molecule has 1 amide bonds. The van der Waals surface area contributed by atoms with E-state index in [-0.39, 0.29) is 55.5 Å². The Bertz CT molecular complexity index is 817. The maximum atomic E-state index is 12.7. The number of hydrogen-bond acceptors (Lipinski definition) is 6. The highest BCUT2D eigenvalue weighted by molar-refractivity contribution is 7.89. The third-order valence-electron chi connectivity index (χ3n) is 4.29. The molecule has 1 saturated heterocycles. The average Bonchev–Trinajstić information content (AvgIpc) is 2.65. The lowest BCUT2D eigenvalue weighted by atomic mass is 10.1. The van der Waals surface area contributed by atoms with E-state index in [2.05, 4.69) is 0 Å². The number of nitrogens with zero attached hydrogens (tertiary/aromatic N) is 3. The number of benzene rings is 1. The van der Waals surface area contributed by atoms with Crippen LogP contribution in [0.5, 0.6) is 0 Å². The van der Waals surface area contributed by atoms with Crippen LogP contribution in [0.2, 0.25) is 0 Å². The molecular formula is C16H21N3O7S. The van der Waals surface area contributed by atoms with Gasteiger partial charge in [0.05, 0.1) is 9.82 Å². The van der Waals surface area contributed by atoms with Gasteiger partial charge < -0.3 is 10.0 Å². The molecule has 1 aromatic carbocycles. The van der Waals surface area contributed by atoms with Gasteiger partial charge in [-0.05, 0) is 18.9 Å². The van der Waals surface area contributed by atoms with Gasteiger partial charge >= 0.3 is 5.97 Å². The number of sulfonamides is 1. The molecule has 1 aliphatic heterocycles. The number of carbonyl (C=O) groups is 2. The summed E-state index contributed by atoms with van der Waals surface area (Å²) in [6.07, 6.45) is 1.13. The molecule has 0 bridgehead atoms. The summed E-state index contributed by atoms with van der Waals surface area (Å²) in [6, 6.07) is 4.87. The van der Waals surface area contributed by atoms with Crippen LogP contribution < -0.4 is 0 Å². The van der Waals surface area contributed by atoms with Crippen LogP contribution in [0.1, 0.15) is 25.7 Å². The van der Waals surface area contributed by atoms with Crippen molar-refractivity contribution < 1.29 is 28.0 Å². The number of aliphatic carboxylic acids is 1. The summed E-state index contributed by atoms with van der Waals surface area (Å²) in [5.41, 5.74) is -0.300. The molecule has 1 aromatic rings. The van der Waals surface area contributed by atoms with E-state index in [1.807, 2.05) is 0 Å². The lowest BCUT2D eigenvalue weighted by molar-refractivity contribution is -0.385. The van der Waals surface area contributed by atoms with E-state index >= 15 is 0 Å². The summed E-state index contributed by atoms with van der Waals surface area (Å²) in [4.78, 5) is 34.2. The van der Waals surface area contributed by atoms with Gasteiger partial charge in [0.25, 0.3) is 5.69 Å². The maximum absolute atomic E-state index is 12.7. The van der Waals surface area contributed by atoms with Crippen LogP contribution in [0.3, 0.4) is 0 Å². The van der Waals surface area contributed by atoms with Gasteiger partial charge in [0.15, 0.2) is 0 Å². The number of piperazine rings is 1. The molecule has 2 rings (SSSR count). The van der Waals surface area contributed by atoms with E-state index in [1.165, 1.54) is 22.5 Å². The molecule has 0 radical (unpaired) electrons. The van der Waals surface area contributed by atoms with Crippen molar-refractivity contribution in [1.82, 2.24) is 9.21 Å². The van der Waals surface area contributed by atoms with Gasteiger partial charge in [0.2, 0.25) is 15.9 Å². The second kappa shape index (κ2) is 8.91. The van der Waals surface area contributed by atoms with Crippen molar-refractivity contribution in [3.63, 3.8) is 0 Å². The molecular weight excluding hydrogens is 378 g/mol. The van der Waals surface area contributed by atoms with Crippen LogP contribution in [0.4, 0.5) is 5.69 Å². The van der Waals surface area contributed by atoms with E-state index in [1.54, 1.807) is 4.90 Å². The normalized spacial score (nSPS) is 15.5. The Morgan fingerprint density at radius 3 is 2.33 bits per heavy atom. The van der Waals surface area contributed by atoms with E-state index in [0.717, 1.165) is 6.07 Å². The molecule has 0 spiro atoms. The SMILES string of the molecule is O=C(O)CCCCC(=O)N1CCN(S(=O)(=O)c2cccc([N+](=O)[O-])c2)CC1. The van der Waals surface area contributed by atoms with Crippen molar-refractivity contribution in [2.75, 3.05) is 26.2 Å². The van der Waals surface area contributed by atoms with Gasteiger partial charge in [-0.1, -0.05) is 6.07 Å². The number of non-ortho nitro benzene ring substituents is 1. The van der Waals surface area contributed by atoms with Crippen molar-refractivity contribution in [3.8, 4) is 0 Å². The zero-order valence-electron chi connectivity index (χ0n) is 14.6. The monoisotopic (exact) mass is 399 g/mol. The number of carbonyl (C=O) groups excluding carboxylic acids is 1. The van der Waals surface area contributed by atoms with Gasteiger partial charge in [0.1, 0.15) is 0 Å². The first-order chi connectivity index (χ1) is 12.7. The third kappa shape index (κ3) is 5.47. The van der Waals surface area contributed by atoms with Crippen molar-refractivity contribution >= 4 is 27.6 Å². The first kappa shape index (κ1) is 20.8. The molecule has 1 fully saturated rings. The number of nitro benzene ring substituents is 1. The zero-order chi connectivity index (χ0) is 20.0. The Hall–Kier alpha value is -2.53. The standard InChI is InChI=1S/C16H21N3O7S/c20-15(6-1-2-7-16(21)22)17-8-10-18(11-9-17)27(25,26)14-5-3-4-13(12-14)19(23)24/h3-5,12H,1-2,6-11H2,(H,21,22). The Balaban J connectivity index is 1.92. The minimum Gasteiger partial charge on any atom is -0.481 e. The minimum absolute atomic E-state index is 0.0164. The molecule has 1 heterocycles. The molecule has 0 atom stereocenters. The fourth-order valence-electron chi connectivity index (χ4n) is 2.80. The highest BCUT2D eigenvalue weighted by atomic mass is 32.2. The summed E-state index contributed by atoms with van der Waals surface area (Å²) in [5, 5.41) is 19.4. The Labute approximate surface area is 156 Å². The van der Waals surface area contributed by atoms with E-state index in [9.17, 15) is 28.1 Å². The maximum Gasteiger partial charge on any atom is 0.303 e. The average molecular weight is 399 g/mol. The molecule has 0 unspecified atom stereocenters. The Morgan fingerprint density at radius 2 is 1.74 bits per heavy atom. The van der Waals surface area contributed by atoms with Crippen molar-refractivity contribution in [2.24, 2.45) is 0 Å². The summed E-state index contributed by atoms with van der Waals surface area (Å²) in [7, 11) is -3.87. The van der Waals surface area contributed by atoms with Crippen LogP contribution in [0, 0.1) is 10.1 Å². The molecule has 148 valence electrons. The first-order valence-corrected chi connectivity index (χ1v) is 9.90. The van der Waals surface area contributed by atoms with Crippen LogP contribution in [-0.4, -0.2) is 65.7 Å². The molecule has 11 heteroatoms. The lowest BCUT2D eigenvalue weighted by Crippen LogP contribution is -2.50. The van der Waals surface area contributed by atoms with Gasteiger partial charge in [-0.3, -0.25) is 19.7 Å². The summed E-state index contributed by atoms with van der Waals surface area (Å²) in [5.74, 6) is -1.03. The van der Waals surface area contributed by atoms with Crippen molar-refractivity contribution in [3.05, 3.63) is 34.4 Å². The van der Waals surface area contributed by atoms with Crippen LogP contribution in [0.25, 0.3) is 0 Å². The predicted octanol–water partition coefficient (Wildman–Crippen LogP) is 1.07. The van der Waals surface area contributed by atoms with Gasteiger partial charge in [0, 0.05) is 51.2 Å². The van der Waals surface area contributed by atoms with Crippen LogP contribution in [-0.2, 0) is 19.6 Å².